The summed E-state index contributed by atoms with van der Waals surface area (Å²) in [7, 11) is 3.62. The smallest absolute Gasteiger partial charge is 0.0899 e. The van der Waals surface area contributed by atoms with E-state index >= 15 is 0 Å². The fourth-order valence-electron chi connectivity index (χ4n) is 1.40. The highest BCUT2D eigenvalue weighted by molar-refractivity contribution is 4.60. The molecule has 4 heteroatoms. The maximum Gasteiger partial charge on any atom is 0.0899 e. The van der Waals surface area contributed by atoms with Gasteiger partial charge in [-0.1, -0.05) is 6.42 Å². The van der Waals surface area contributed by atoms with Crippen molar-refractivity contribution < 1.29 is 9.84 Å². The number of ether oxygens (including phenoxy) is 1. The van der Waals surface area contributed by atoms with Crippen molar-refractivity contribution in [3.05, 3.63) is 0 Å². The van der Waals surface area contributed by atoms with Crippen LogP contribution in [-0.2, 0) is 4.74 Å². The standard InChI is InChI=1S/C10H24N2O2/c1-12(7-5-3-4-6-11)8-10(13)9-14-2/h10,13H,3-9,11H2,1-2H3. The van der Waals surface area contributed by atoms with Gasteiger partial charge in [0.25, 0.3) is 0 Å². The zero-order valence-electron chi connectivity index (χ0n) is 9.41. The van der Waals surface area contributed by atoms with Crippen LogP contribution >= 0.6 is 0 Å². The third kappa shape index (κ3) is 8.44. The summed E-state index contributed by atoms with van der Waals surface area (Å²) in [4.78, 5) is 2.13. The highest BCUT2D eigenvalue weighted by atomic mass is 16.5. The number of nitrogens with zero attached hydrogens (tertiary/aromatic N) is 1. The molecule has 0 aliphatic heterocycles. The normalized spacial score (nSPS) is 13.5. The monoisotopic (exact) mass is 204 g/mol. The largest absolute Gasteiger partial charge is 0.389 e. The number of nitrogens with two attached hydrogens (primary N) is 1. The molecule has 0 radical (unpaired) electrons. The molecule has 0 aliphatic rings. The molecule has 0 aliphatic carbocycles. The quantitative estimate of drug-likeness (QED) is 0.521. The van der Waals surface area contributed by atoms with Crippen molar-refractivity contribution in [3.63, 3.8) is 0 Å². The first-order chi connectivity index (χ1) is 6.70. The van der Waals surface area contributed by atoms with Gasteiger partial charge in [-0.3, -0.25) is 0 Å². The lowest BCUT2D eigenvalue weighted by molar-refractivity contribution is 0.0430. The topological polar surface area (TPSA) is 58.7 Å². The Bertz CT molecular complexity index is 123. The fraction of sp³-hybridized carbons (Fsp3) is 1.00. The van der Waals surface area contributed by atoms with E-state index in [0.29, 0.717) is 13.2 Å². The Morgan fingerprint density at radius 2 is 2.07 bits per heavy atom. The van der Waals surface area contributed by atoms with Gasteiger partial charge in [0, 0.05) is 13.7 Å². The molecule has 0 amide bonds. The van der Waals surface area contributed by atoms with Gasteiger partial charge in [0.2, 0.25) is 0 Å². The van der Waals surface area contributed by atoms with Gasteiger partial charge in [-0.2, -0.15) is 0 Å². The van der Waals surface area contributed by atoms with Gasteiger partial charge in [-0.05, 0) is 33.0 Å². The van der Waals surface area contributed by atoms with Crippen LogP contribution in [0.15, 0.2) is 0 Å². The highest BCUT2D eigenvalue weighted by Gasteiger charge is 2.06. The van der Waals surface area contributed by atoms with E-state index in [-0.39, 0.29) is 6.10 Å². The van der Waals surface area contributed by atoms with Crippen LogP contribution < -0.4 is 5.73 Å². The molecule has 0 saturated carbocycles. The fourth-order valence-corrected chi connectivity index (χ4v) is 1.40. The van der Waals surface area contributed by atoms with Crippen molar-refractivity contribution in [2.75, 3.05) is 40.4 Å². The first-order valence-corrected chi connectivity index (χ1v) is 5.26. The van der Waals surface area contributed by atoms with E-state index in [9.17, 15) is 5.11 Å². The van der Waals surface area contributed by atoms with Crippen molar-refractivity contribution in [2.45, 2.75) is 25.4 Å². The van der Waals surface area contributed by atoms with E-state index < -0.39 is 0 Å². The van der Waals surface area contributed by atoms with Gasteiger partial charge >= 0.3 is 0 Å². The van der Waals surface area contributed by atoms with Crippen molar-refractivity contribution in [3.8, 4) is 0 Å². The summed E-state index contributed by atoms with van der Waals surface area (Å²) in [6.45, 7) is 2.88. The van der Waals surface area contributed by atoms with Crippen LogP contribution in [0.4, 0.5) is 0 Å². The number of hydrogen-bond donors (Lipinski definition) is 2. The van der Waals surface area contributed by atoms with Crippen LogP contribution in [-0.4, -0.2) is 56.5 Å². The molecule has 14 heavy (non-hydrogen) atoms. The average Bonchev–Trinajstić information content (AvgIpc) is 2.13. The second-order valence-electron chi connectivity index (χ2n) is 3.72. The molecule has 0 heterocycles. The predicted octanol–water partition coefficient (Wildman–Crippen LogP) is 0.0545. The molecule has 1 atom stereocenters. The minimum Gasteiger partial charge on any atom is -0.389 e. The zero-order chi connectivity index (χ0) is 10.8. The second-order valence-corrected chi connectivity index (χ2v) is 3.72. The number of unbranched alkanes of at least 4 members (excludes halogenated alkanes) is 2. The Morgan fingerprint density at radius 1 is 1.36 bits per heavy atom. The SMILES string of the molecule is COCC(O)CN(C)CCCCCN. The summed E-state index contributed by atoms with van der Waals surface area (Å²) in [6.07, 6.45) is 3.03. The van der Waals surface area contributed by atoms with E-state index in [1.165, 1.54) is 6.42 Å². The number of hydrogen-bond acceptors (Lipinski definition) is 4. The molecule has 0 aromatic heterocycles. The average molecular weight is 204 g/mol. The molecule has 0 spiro atoms. The van der Waals surface area contributed by atoms with Crippen LogP contribution in [0.2, 0.25) is 0 Å². The number of aliphatic hydroxyl groups is 1. The third-order valence-corrected chi connectivity index (χ3v) is 2.13. The maximum atomic E-state index is 9.44. The maximum absolute atomic E-state index is 9.44. The summed E-state index contributed by atoms with van der Waals surface area (Å²) in [5.41, 5.74) is 5.40. The van der Waals surface area contributed by atoms with Crippen molar-refractivity contribution in [1.82, 2.24) is 4.90 Å². The van der Waals surface area contributed by atoms with Gasteiger partial charge < -0.3 is 20.5 Å². The van der Waals surface area contributed by atoms with Crippen molar-refractivity contribution in [1.29, 1.82) is 0 Å². The minimum atomic E-state index is -0.375. The lowest BCUT2D eigenvalue weighted by atomic mass is 10.2. The summed E-state index contributed by atoms with van der Waals surface area (Å²) in [6, 6.07) is 0. The molecule has 3 N–H and O–H groups in total. The van der Waals surface area contributed by atoms with Gasteiger partial charge in [0.05, 0.1) is 12.7 Å². The Balaban J connectivity index is 3.30. The minimum absolute atomic E-state index is 0.375. The molecule has 0 rings (SSSR count). The first kappa shape index (κ1) is 13.8. The number of aliphatic hydroxyl groups excluding tert-OH is 1. The Morgan fingerprint density at radius 3 is 2.64 bits per heavy atom. The molecular weight excluding hydrogens is 180 g/mol. The summed E-state index contributed by atoms with van der Waals surface area (Å²) >= 11 is 0. The number of methoxy groups -OCH3 is 1. The van der Waals surface area contributed by atoms with Crippen LogP contribution in [0.25, 0.3) is 0 Å². The van der Waals surface area contributed by atoms with E-state index in [1.807, 2.05) is 7.05 Å². The lowest BCUT2D eigenvalue weighted by Gasteiger charge is -2.19. The number of rotatable bonds is 9. The van der Waals surface area contributed by atoms with Crippen molar-refractivity contribution >= 4 is 0 Å². The van der Waals surface area contributed by atoms with Gasteiger partial charge in [-0.25, -0.2) is 0 Å². The molecule has 1 unspecified atom stereocenters. The van der Waals surface area contributed by atoms with E-state index in [1.54, 1.807) is 7.11 Å². The predicted molar refractivity (Wildman–Crippen MR) is 58.3 cm³/mol. The van der Waals surface area contributed by atoms with Crippen LogP contribution in [0.5, 0.6) is 0 Å². The zero-order valence-corrected chi connectivity index (χ0v) is 9.41. The molecular formula is C10H24N2O2. The van der Waals surface area contributed by atoms with Crippen LogP contribution in [0, 0.1) is 0 Å². The summed E-state index contributed by atoms with van der Waals surface area (Å²) in [5.74, 6) is 0. The molecule has 4 nitrogen and oxygen atoms in total. The van der Waals surface area contributed by atoms with E-state index in [0.717, 1.165) is 25.9 Å². The van der Waals surface area contributed by atoms with E-state index in [2.05, 4.69) is 4.90 Å². The molecule has 0 fully saturated rings. The molecule has 0 aromatic rings. The Kier molecular flexibility index (Phi) is 9.29. The first-order valence-electron chi connectivity index (χ1n) is 5.26. The third-order valence-electron chi connectivity index (χ3n) is 2.13. The second kappa shape index (κ2) is 9.40. The molecule has 0 saturated heterocycles. The van der Waals surface area contributed by atoms with Crippen LogP contribution in [0.3, 0.4) is 0 Å². The van der Waals surface area contributed by atoms with Crippen molar-refractivity contribution in [2.24, 2.45) is 5.73 Å². The van der Waals surface area contributed by atoms with Gasteiger partial charge in [0.1, 0.15) is 0 Å². The molecule has 86 valence electrons. The Hall–Kier alpha value is -0.160. The van der Waals surface area contributed by atoms with Gasteiger partial charge in [0.15, 0.2) is 0 Å². The lowest BCUT2D eigenvalue weighted by Crippen LogP contribution is -2.32. The van der Waals surface area contributed by atoms with E-state index in [4.69, 9.17) is 10.5 Å². The molecule has 0 aromatic carbocycles. The number of likely N-dealkylation sites (N-methyl/N-ethyl adjacent to an activating group) is 1. The summed E-state index contributed by atoms with van der Waals surface area (Å²) in [5, 5.41) is 9.44. The Labute approximate surface area is 87.0 Å². The molecule has 0 bridgehead atoms. The van der Waals surface area contributed by atoms with Crippen LogP contribution in [0.1, 0.15) is 19.3 Å². The highest BCUT2D eigenvalue weighted by Crippen LogP contribution is 1.97. The summed E-state index contributed by atoms with van der Waals surface area (Å²) < 4.78 is 4.85. The van der Waals surface area contributed by atoms with Gasteiger partial charge in [-0.15, -0.1) is 0 Å².